The number of thioether (sulfide) groups is 1. The van der Waals surface area contributed by atoms with Crippen LogP contribution in [-0.4, -0.2) is 17.8 Å². The standard InChI is InChI=1S/C19H11BrClNO3S/c1-2-9-25-16-8-7-12(10-13(16)20)11-17-18(23)22(19(24)26-17)15-6-4-3-5-14(15)21/h1,3-8,10-11H,9H2/b17-11-. The molecule has 0 bridgehead atoms. The van der Waals surface area contributed by atoms with Crippen LogP contribution in [0.1, 0.15) is 5.56 Å². The third kappa shape index (κ3) is 3.80. The van der Waals surface area contributed by atoms with Crippen molar-refractivity contribution in [3.8, 4) is 18.1 Å². The number of amides is 2. The molecule has 1 aliphatic rings. The maximum Gasteiger partial charge on any atom is 0.298 e. The number of para-hydroxylation sites is 1. The van der Waals surface area contributed by atoms with E-state index >= 15 is 0 Å². The van der Waals surface area contributed by atoms with Crippen LogP contribution in [0.25, 0.3) is 6.08 Å². The van der Waals surface area contributed by atoms with Gasteiger partial charge < -0.3 is 4.74 Å². The molecule has 0 N–H and O–H groups in total. The molecule has 4 nitrogen and oxygen atoms in total. The molecule has 2 aromatic rings. The molecule has 7 heteroatoms. The fourth-order valence-electron chi connectivity index (χ4n) is 2.30. The normalized spacial score (nSPS) is 15.4. The third-order valence-electron chi connectivity index (χ3n) is 3.45. The van der Waals surface area contributed by atoms with Gasteiger partial charge >= 0.3 is 0 Å². The van der Waals surface area contributed by atoms with Gasteiger partial charge in [-0.3, -0.25) is 9.59 Å². The summed E-state index contributed by atoms with van der Waals surface area (Å²) in [5, 5.41) is -0.0452. The number of terminal acetylenes is 1. The number of hydrogen-bond donors (Lipinski definition) is 0. The average Bonchev–Trinajstić information content (AvgIpc) is 2.88. The summed E-state index contributed by atoms with van der Waals surface area (Å²) >= 11 is 10.4. The van der Waals surface area contributed by atoms with Gasteiger partial charge in [0.1, 0.15) is 12.4 Å². The summed E-state index contributed by atoms with van der Waals surface area (Å²) in [5.41, 5.74) is 1.12. The van der Waals surface area contributed by atoms with E-state index in [9.17, 15) is 9.59 Å². The van der Waals surface area contributed by atoms with Gasteiger partial charge in [0.25, 0.3) is 11.1 Å². The minimum Gasteiger partial charge on any atom is -0.480 e. The summed E-state index contributed by atoms with van der Waals surface area (Å²) in [7, 11) is 0. The summed E-state index contributed by atoms with van der Waals surface area (Å²) in [6.07, 6.45) is 6.83. The summed E-state index contributed by atoms with van der Waals surface area (Å²) in [4.78, 5) is 26.4. The topological polar surface area (TPSA) is 46.6 Å². The van der Waals surface area contributed by atoms with Crippen molar-refractivity contribution in [2.75, 3.05) is 11.5 Å². The first-order valence-corrected chi connectivity index (χ1v) is 9.38. The molecule has 2 amide bonds. The monoisotopic (exact) mass is 447 g/mol. The smallest absolute Gasteiger partial charge is 0.298 e. The molecule has 2 aromatic carbocycles. The molecule has 3 rings (SSSR count). The highest BCUT2D eigenvalue weighted by Gasteiger charge is 2.37. The highest BCUT2D eigenvalue weighted by atomic mass is 79.9. The van der Waals surface area contributed by atoms with E-state index < -0.39 is 5.91 Å². The minimum atomic E-state index is -0.406. The van der Waals surface area contributed by atoms with E-state index in [1.165, 1.54) is 0 Å². The van der Waals surface area contributed by atoms with E-state index in [1.54, 1.807) is 48.5 Å². The Hall–Kier alpha value is -2.20. The molecule has 1 heterocycles. The van der Waals surface area contributed by atoms with Crippen molar-refractivity contribution < 1.29 is 14.3 Å². The lowest BCUT2D eigenvalue weighted by atomic mass is 10.2. The number of nitrogens with zero attached hydrogens (tertiary/aromatic N) is 1. The molecule has 1 fully saturated rings. The molecule has 0 atom stereocenters. The van der Waals surface area contributed by atoms with Crippen LogP contribution in [0.4, 0.5) is 10.5 Å². The van der Waals surface area contributed by atoms with Gasteiger partial charge in [-0.05, 0) is 63.6 Å². The van der Waals surface area contributed by atoms with Crippen molar-refractivity contribution in [3.05, 3.63) is 62.4 Å². The van der Waals surface area contributed by atoms with Crippen molar-refractivity contribution in [2.45, 2.75) is 0 Å². The summed E-state index contributed by atoms with van der Waals surface area (Å²) in [6.45, 7) is 0.161. The van der Waals surface area contributed by atoms with Gasteiger partial charge in [0.2, 0.25) is 0 Å². The highest BCUT2D eigenvalue weighted by molar-refractivity contribution is 9.10. The fourth-order valence-corrected chi connectivity index (χ4v) is 3.87. The lowest BCUT2D eigenvalue weighted by Gasteiger charge is -2.13. The number of ether oxygens (including phenoxy) is 1. The third-order valence-corrected chi connectivity index (χ3v) is 5.26. The van der Waals surface area contributed by atoms with Gasteiger partial charge in [-0.1, -0.05) is 35.7 Å². The summed E-state index contributed by atoms with van der Waals surface area (Å²) in [6, 6.07) is 12.0. The number of benzene rings is 2. The van der Waals surface area contributed by atoms with Crippen LogP contribution < -0.4 is 9.64 Å². The van der Waals surface area contributed by atoms with Crippen LogP contribution in [0.5, 0.6) is 5.75 Å². The number of carbonyl (C=O) groups is 2. The first-order valence-electron chi connectivity index (χ1n) is 7.39. The Morgan fingerprint density at radius 2 is 2.04 bits per heavy atom. The Balaban J connectivity index is 1.88. The Morgan fingerprint density at radius 1 is 1.27 bits per heavy atom. The quantitative estimate of drug-likeness (QED) is 0.467. The largest absolute Gasteiger partial charge is 0.480 e. The average molecular weight is 449 g/mol. The molecule has 26 heavy (non-hydrogen) atoms. The molecular weight excluding hydrogens is 438 g/mol. The van der Waals surface area contributed by atoms with Crippen LogP contribution >= 0.6 is 39.3 Å². The summed E-state index contributed by atoms with van der Waals surface area (Å²) < 4.78 is 6.09. The van der Waals surface area contributed by atoms with Crippen molar-refractivity contribution in [1.29, 1.82) is 0 Å². The van der Waals surface area contributed by atoms with Crippen LogP contribution in [0.15, 0.2) is 51.8 Å². The molecule has 1 saturated heterocycles. The van der Waals surface area contributed by atoms with E-state index in [0.717, 1.165) is 22.2 Å². The predicted molar refractivity (Wildman–Crippen MR) is 108 cm³/mol. The Bertz CT molecular complexity index is 967. The second-order valence-electron chi connectivity index (χ2n) is 5.15. The van der Waals surface area contributed by atoms with Crippen LogP contribution in [0.2, 0.25) is 5.02 Å². The number of anilines is 1. The van der Waals surface area contributed by atoms with E-state index in [1.807, 2.05) is 0 Å². The molecule has 0 spiro atoms. The van der Waals surface area contributed by atoms with E-state index in [-0.39, 0.29) is 11.8 Å². The first-order chi connectivity index (χ1) is 12.5. The number of rotatable bonds is 4. The van der Waals surface area contributed by atoms with Crippen molar-refractivity contribution in [3.63, 3.8) is 0 Å². The molecular formula is C19H11BrClNO3S. The minimum absolute atomic E-state index is 0.161. The Labute approximate surface area is 168 Å². The van der Waals surface area contributed by atoms with E-state index in [2.05, 4.69) is 21.9 Å². The van der Waals surface area contributed by atoms with Crippen molar-refractivity contribution in [1.82, 2.24) is 0 Å². The van der Waals surface area contributed by atoms with Crippen LogP contribution in [0, 0.1) is 12.3 Å². The lowest BCUT2D eigenvalue weighted by Crippen LogP contribution is -2.27. The molecule has 1 aliphatic heterocycles. The van der Waals surface area contributed by atoms with Gasteiger partial charge in [-0.2, -0.15) is 0 Å². The molecule has 0 aromatic heterocycles. The number of imide groups is 1. The van der Waals surface area contributed by atoms with Crippen LogP contribution in [-0.2, 0) is 4.79 Å². The van der Waals surface area contributed by atoms with E-state index in [4.69, 9.17) is 22.8 Å². The Kier molecular flexibility index (Phi) is 5.72. The number of hydrogen-bond acceptors (Lipinski definition) is 4. The maximum absolute atomic E-state index is 12.7. The maximum atomic E-state index is 12.7. The zero-order valence-corrected chi connectivity index (χ0v) is 16.4. The molecule has 0 unspecified atom stereocenters. The van der Waals surface area contributed by atoms with E-state index in [0.29, 0.717) is 25.8 Å². The summed E-state index contributed by atoms with van der Waals surface area (Å²) in [5.74, 6) is 2.59. The Morgan fingerprint density at radius 3 is 2.73 bits per heavy atom. The molecule has 0 aliphatic carbocycles. The first kappa shape index (κ1) is 18.6. The molecule has 130 valence electrons. The SMILES string of the molecule is C#CCOc1ccc(/C=C2\SC(=O)N(c3ccccc3Cl)C2=O)cc1Br. The van der Waals surface area contributed by atoms with Gasteiger partial charge in [0.15, 0.2) is 0 Å². The van der Waals surface area contributed by atoms with Crippen molar-refractivity contribution in [2.24, 2.45) is 0 Å². The lowest BCUT2D eigenvalue weighted by molar-refractivity contribution is -0.113. The van der Waals surface area contributed by atoms with Gasteiger partial charge in [0.05, 0.1) is 20.1 Å². The van der Waals surface area contributed by atoms with Crippen molar-refractivity contribution >= 4 is 62.2 Å². The zero-order chi connectivity index (χ0) is 18.7. The molecule has 0 saturated carbocycles. The fraction of sp³-hybridized carbons (Fsp3) is 0.0526. The second kappa shape index (κ2) is 8.00. The number of carbonyl (C=O) groups excluding carboxylic acids is 2. The van der Waals surface area contributed by atoms with Gasteiger partial charge in [0, 0.05) is 0 Å². The van der Waals surface area contributed by atoms with Crippen LogP contribution in [0.3, 0.4) is 0 Å². The number of halogens is 2. The highest BCUT2D eigenvalue weighted by Crippen LogP contribution is 2.39. The predicted octanol–water partition coefficient (Wildman–Crippen LogP) is 5.36. The van der Waals surface area contributed by atoms with Gasteiger partial charge in [-0.15, -0.1) is 6.42 Å². The zero-order valence-electron chi connectivity index (χ0n) is 13.2. The second-order valence-corrected chi connectivity index (χ2v) is 7.41. The van der Waals surface area contributed by atoms with Gasteiger partial charge in [-0.25, -0.2) is 4.90 Å². The molecule has 0 radical (unpaired) electrons.